The van der Waals surface area contributed by atoms with Gasteiger partial charge in [0, 0.05) is 17.8 Å². The number of nitrogens with zero attached hydrogens (tertiary/aromatic N) is 1. The van der Waals surface area contributed by atoms with Crippen LogP contribution in [0.2, 0.25) is 0 Å². The molecule has 0 saturated heterocycles. The molecule has 0 spiro atoms. The summed E-state index contributed by atoms with van der Waals surface area (Å²) in [6.07, 6.45) is 1.26. The fourth-order valence-electron chi connectivity index (χ4n) is 1.46. The van der Waals surface area contributed by atoms with E-state index < -0.39 is 11.2 Å². The summed E-state index contributed by atoms with van der Waals surface area (Å²) in [5, 5.41) is 0. The molecule has 5 heteroatoms. The van der Waals surface area contributed by atoms with Gasteiger partial charge in [0.2, 0.25) is 0 Å². The number of benzene rings is 1. The zero-order valence-electron chi connectivity index (χ0n) is 8.92. The Hall–Kier alpha value is -2.43. The van der Waals surface area contributed by atoms with Gasteiger partial charge in [0.25, 0.3) is 5.56 Å². The number of hydrogen-bond donors (Lipinski definition) is 1. The normalized spacial score (nSPS) is 10.1. The Bertz CT molecular complexity index is 612. The highest BCUT2D eigenvalue weighted by Gasteiger charge is 2.08. The van der Waals surface area contributed by atoms with Crippen LogP contribution in [-0.2, 0) is 6.54 Å². The fraction of sp³-hybridized carbons (Fsp3) is 0.0833. The molecule has 0 saturated carbocycles. The molecule has 0 atom stereocenters. The zero-order chi connectivity index (χ0) is 12.3. The molecule has 5 nitrogen and oxygen atoms in total. The Labute approximate surface area is 96.4 Å². The largest absolute Gasteiger partial charge is 0.328 e. The number of aromatic amines is 1. The summed E-state index contributed by atoms with van der Waals surface area (Å²) in [6, 6.07) is 9.74. The summed E-state index contributed by atoms with van der Waals surface area (Å²) in [7, 11) is 0. The standard InChI is InChI=1S/C12H10N2O3/c15-10(9-4-2-1-3-5-9)8-14-11(16)6-7-13-12(14)17/h1-7H,8H2,(H,13,17). The minimum absolute atomic E-state index is 0.251. The van der Waals surface area contributed by atoms with E-state index in [9.17, 15) is 14.4 Å². The second kappa shape index (κ2) is 4.61. The molecular formula is C12H10N2O3. The zero-order valence-corrected chi connectivity index (χ0v) is 8.92. The van der Waals surface area contributed by atoms with Gasteiger partial charge in [0.15, 0.2) is 5.78 Å². The van der Waals surface area contributed by atoms with E-state index in [4.69, 9.17) is 0 Å². The van der Waals surface area contributed by atoms with Crippen LogP contribution < -0.4 is 11.2 Å². The molecule has 0 fully saturated rings. The lowest BCUT2D eigenvalue weighted by Gasteiger charge is -2.02. The van der Waals surface area contributed by atoms with Gasteiger partial charge in [-0.25, -0.2) is 4.79 Å². The Kier molecular flexibility index (Phi) is 3.00. The first kappa shape index (κ1) is 11.1. The highest BCUT2D eigenvalue weighted by atomic mass is 16.2. The van der Waals surface area contributed by atoms with E-state index in [0.29, 0.717) is 5.56 Å². The van der Waals surface area contributed by atoms with E-state index >= 15 is 0 Å². The van der Waals surface area contributed by atoms with Crippen LogP contribution in [0.5, 0.6) is 0 Å². The van der Waals surface area contributed by atoms with E-state index in [2.05, 4.69) is 4.98 Å². The Morgan fingerprint density at radius 3 is 2.47 bits per heavy atom. The van der Waals surface area contributed by atoms with E-state index in [0.717, 1.165) is 4.57 Å². The van der Waals surface area contributed by atoms with Crippen LogP contribution in [-0.4, -0.2) is 15.3 Å². The number of ketones is 1. The number of nitrogens with one attached hydrogen (secondary N) is 1. The highest BCUT2D eigenvalue weighted by Crippen LogP contribution is 2.00. The van der Waals surface area contributed by atoms with Crippen molar-refractivity contribution in [3.63, 3.8) is 0 Å². The van der Waals surface area contributed by atoms with E-state index in [-0.39, 0.29) is 12.3 Å². The van der Waals surface area contributed by atoms with Crippen LogP contribution in [0.3, 0.4) is 0 Å². The molecule has 1 N–H and O–H groups in total. The van der Waals surface area contributed by atoms with Crippen LogP contribution in [0.25, 0.3) is 0 Å². The lowest BCUT2D eigenvalue weighted by Crippen LogP contribution is -2.36. The number of hydrogen-bond acceptors (Lipinski definition) is 3. The van der Waals surface area contributed by atoms with Gasteiger partial charge in [-0.1, -0.05) is 30.3 Å². The molecule has 2 rings (SSSR count). The molecule has 0 bridgehead atoms. The molecular weight excluding hydrogens is 220 g/mol. The average molecular weight is 230 g/mol. The minimum atomic E-state index is -0.582. The Morgan fingerprint density at radius 2 is 1.82 bits per heavy atom. The van der Waals surface area contributed by atoms with Gasteiger partial charge in [0.1, 0.15) is 0 Å². The first-order chi connectivity index (χ1) is 8.18. The summed E-state index contributed by atoms with van der Waals surface area (Å²) >= 11 is 0. The second-order valence-electron chi connectivity index (χ2n) is 3.50. The van der Waals surface area contributed by atoms with Gasteiger partial charge in [0.05, 0.1) is 6.54 Å². The van der Waals surface area contributed by atoms with Crippen LogP contribution in [0.15, 0.2) is 52.2 Å². The molecule has 1 aromatic heterocycles. The van der Waals surface area contributed by atoms with Crippen LogP contribution in [0.4, 0.5) is 0 Å². The third-order valence-electron chi connectivity index (χ3n) is 2.34. The molecule has 0 aliphatic carbocycles. The number of Topliss-reactive ketones (excluding diaryl/α,β-unsaturated/α-hetero) is 1. The molecule has 0 amide bonds. The van der Waals surface area contributed by atoms with Gasteiger partial charge in [-0.05, 0) is 0 Å². The fourth-order valence-corrected chi connectivity index (χ4v) is 1.46. The molecule has 0 aliphatic heterocycles. The van der Waals surface area contributed by atoms with Crippen molar-refractivity contribution in [2.24, 2.45) is 0 Å². The van der Waals surface area contributed by atoms with Gasteiger partial charge in [-0.2, -0.15) is 0 Å². The van der Waals surface area contributed by atoms with Crippen molar-refractivity contribution in [3.8, 4) is 0 Å². The van der Waals surface area contributed by atoms with E-state index in [1.165, 1.54) is 12.3 Å². The molecule has 2 aromatic rings. The Balaban J connectivity index is 2.32. The minimum Gasteiger partial charge on any atom is -0.314 e. The van der Waals surface area contributed by atoms with Crippen molar-refractivity contribution in [1.29, 1.82) is 0 Å². The summed E-state index contributed by atoms with van der Waals surface area (Å²) < 4.78 is 0.870. The number of carbonyl (C=O) groups excluding carboxylic acids is 1. The average Bonchev–Trinajstić information content (AvgIpc) is 2.35. The van der Waals surface area contributed by atoms with E-state index in [1.54, 1.807) is 30.3 Å². The second-order valence-corrected chi connectivity index (χ2v) is 3.50. The SMILES string of the molecule is O=C(Cn1c(=O)cc[nH]c1=O)c1ccccc1. The summed E-state index contributed by atoms with van der Waals surface area (Å²) in [4.78, 5) is 36.9. The lowest BCUT2D eigenvalue weighted by molar-refractivity contribution is 0.0969. The maximum atomic E-state index is 11.8. The predicted molar refractivity (Wildman–Crippen MR) is 62.1 cm³/mol. The molecule has 1 heterocycles. The first-order valence-electron chi connectivity index (χ1n) is 5.05. The van der Waals surface area contributed by atoms with Crippen LogP contribution in [0, 0.1) is 0 Å². The van der Waals surface area contributed by atoms with Crippen LogP contribution in [0.1, 0.15) is 10.4 Å². The van der Waals surface area contributed by atoms with Crippen molar-refractivity contribution >= 4 is 5.78 Å². The summed E-state index contributed by atoms with van der Waals surface area (Å²) in [5.41, 5.74) is -0.595. The van der Waals surface area contributed by atoms with Crippen molar-refractivity contribution in [2.45, 2.75) is 6.54 Å². The summed E-state index contributed by atoms with van der Waals surface area (Å²) in [5.74, 6) is -0.274. The quantitative estimate of drug-likeness (QED) is 0.777. The van der Waals surface area contributed by atoms with Crippen molar-refractivity contribution in [2.75, 3.05) is 0 Å². The molecule has 1 aromatic carbocycles. The van der Waals surface area contributed by atoms with Crippen LogP contribution >= 0.6 is 0 Å². The van der Waals surface area contributed by atoms with Gasteiger partial charge >= 0.3 is 5.69 Å². The third-order valence-corrected chi connectivity index (χ3v) is 2.34. The lowest BCUT2D eigenvalue weighted by atomic mass is 10.1. The first-order valence-corrected chi connectivity index (χ1v) is 5.05. The molecule has 0 radical (unpaired) electrons. The number of rotatable bonds is 3. The number of H-pyrrole nitrogens is 1. The highest BCUT2D eigenvalue weighted by molar-refractivity contribution is 5.95. The number of aromatic nitrogens is 2. The van der Waals surface area contributed by atoms with Crippen molar-refractivity contribution in [3.05, 3.63) is 69.0 Å². The van der Waals surface area contributed by atoms with Crippen molar-refractivity contribution in [1.82, 2.24) is 9.55 Å². The van der Waals surface area contributed by atoms with E-state index in [1.807, 2.05) is 0 Å². The monoisotopic (exact) mass is 230 g/mol. The Morgan fingerprint density at radius 1 is 1.12 bits per heavy atom. The maximum Gasteiger partial charge on any atom is 0.328 e. The maximum absolute atomic E-state index is 11.8. The molecule has 0 unspecified atom stereocenters. The van der Waals surface area contributed by atoms with Gasteiger partial charge in [-0.15, -0.1) is 0 Å². The molecule has 17 heavy (non-hydrogen) atoms. The molecule has 86 valence electrons. The topological polar surface area (TPSA) is 71.9 Å². The van der Waals surface area contributed by atoms with Crippen molar-refractivity contribution < 1.29 is 4.79 Å². The van der Waals surface area contributed by atoms with Gasteiger partial charge < -0.3 is 4.98 Å². The molecule has 0 aliphatic rings. The smallest absolute Gasteiger partial charge is 0.314 e. The predicted octanol–water partition coefficient (Wildman–Crippen LogP) is 0.419. The number of carbonyl (C=O) groups is 1. The third kappa shape index (κ3) is 2.39. The van der Waals surface area contributed by atoms with Gasteiger partial charge in [-0.3, -0.25) is 14.2 Å². The summed E-state index contributed by atoms with van der Waals surface area (Å²) in [6.45, 7) is -0.251.